The summed E-state index contributed by atoms with van der Waals surface area (Å²) in [5, 5.41) is 3.08. The summed E-state index contributed by atoms with van der Waals surface area (Å²) in [6, 6.07) is 1.69. The molecule has 0 bridgehead atoms. The van der Waals surface area contributed by atoms with Gasteiger partial charge in [0.2, 0.25) is 5.91 Å². The van der Waals surface area contributed by atoms with E-state index >= 15 is 0 Å². The molecule has 0 aliphatic rings. The Balaban J connectivity index is 2.82. The van der Waals surface area contributed by atoms with Crippen molar-refractivity contribution in [2.75, 3.05) is 11.2 Å². The zero-order chi connectivity index (χ0) is 12.3. The summed E-state index contributed by atoms with van der Waals surface area (Å²) in [5.74, 6) is 0.0969. The van der Waals surface area contributed by atoms with Gasteiger partial charge in [0.15, 0.2) is 0 Å². The fourth-order valence-electron chi connectivity index (χ4n) is 0.851. The Labute approximate surface area is 113 Å². The third-order valence-corrected chi connectivity index (χ3v) is 3.81. The molecule has 0 unspecified atom stereocenters. The SMILES string of the molecule is CC(C)(CCl)C(=O)Nc1cnc(Cl)c(Br)c1. The number of carbonyl (C=O) groups excluding carboxylic acids is 1. The molecule has 0 radical (unpaired) electrons. The molecule has 1 N–H and O–H groups in total. The second kappa shape index (κ2) is 5.34. The van der Waals surface area contributed by atoms with E-state index < -0.39 is 5.41 Å². The average molecular weight is 326 g/mol. The minimum absolute atomic E-state index is 0.154. The largest absolute Gasteiger partial charge is 0.324 e. The number of amides is 1. The van der Waals surface area contributed by atoms with E-state index in [1.807, 2.05) is 0 Å². The van der Waals surface area contributed by atoms with Crippen molar-refractivity contribution in [3.05, 3.63) is 21.9 Å². The van der Waals surface area contributed by atoms with Crippen molar-refractivity contribution in [3.63, 3.8) is 0 Å². The Morgan fingerprint density at radius 1 is 1.62 bits per heavy atom. The van der Waals surface area contributed by atoms with Crippen LogP contribution in [0.25, 0.3) is 0 Å². The Morgan fingerprint density at radius 3 is 2.75 bits per heavy atom. The van der Waals surface area contributed by atoms with Crippen LogP contribution in [-0.2, 0) is 4.79 Å². The maximum atomic E-state index is 11.8. The molecule has 0 aliphatic heterocycles. The van der Waals surface area contributed by atoms with Gasteiger partial charge in [-0.25, -0.2) is 4.98 Å². The molecule has 0 spiro atoms. The monoisotopic (exact) mass is 324 g/mol. The normalized spacial score (nSPS) is 11.3. The van der Waals surface area contributed by atoms with Gasteiger partial charge in [0.1, 0.15) is 5.15 Å². The fraction of sp³-hybridized carbons (Fsp3) is 0.400. The van der Waals surface area contributed by atoms with Gasteiger partial charge in [0.25, 0.3) is 0 Å². The summed E-state index contributed by atoms with van der Waals surface area (Å²) >= 11 is 14.7. The van der Waals surface area contributed by atoms with E-state index in [9.17, 15) is 4.79 Å². The standard InChI is InChI=1S/C10H11BrCl2N2O/c1-10(2,5-12)9(16)15-6-3-7(11)8(13)14-4-6/h3-4H,5H2,1-2H3,(H,15,16). The van der Waals surface area contributed by atoms with Crippen LogP contribution in [0.2, 0.25) is 5.15 Å². The first kappa shape index (κ1) is 13.7. The average Bonchev–Trinajstić information content (AvgIpc) is 2.23. The molecule has 0 saturated carbocycles. The van der Waals surface area contributed by atoms with E-state index in [1.165, 1.54) is 6.20 Å². The number of halogens is 3. The van der Waals surface area contributed by atoms with Crippen molar-refractivity contribution >= 4 is 50.7 Å². The number of nitrogens with zero attached hydrogens (tertiary/aromatic N) is 1. The lowest BCUT2D eigenvalue weighted by molar-refractivity contribution is -0.122. The van der Waals surface area contributed by atoms with Gasteiger partial charge < -0.3 is 5.32 Å². The maximum absolute atomic E-state index is 11.8. The van der Waals surface area contributed by atoms with Crippen molar-refractivity contribution in [1.82, 2.24) is 4.98 Å². The molecule has 16 heavy (non-hydrogen) atoms. The third-order valence-electron chi connectivity index (χ3n) is 2.00. The van der Waals surface area contributed by atoms with Crippen LogP contribution in [0.3, 0.4) is 0 Å². The Bertz CT molecular complexity index is 410. The van der Waals surface area contributed by atoms with Crippen LogP contribution >= 0.6 is 39.1 Å². The first-order valence-electron chi connectivity index (χ1n) is 4.55. The summed E-state index contributed by atoms with van der Waals surface area (Å²) in [7, 11) is 0. The minimum Gasteiger partial charge on any atom is -0.324 e. The number of hydrogen-bond acceptors (Lipinski definition) is 2. The molecule has 1 rings (SSSR count). The lowest BCUT2D eigenvalue weighted by Crippen LogP contribution is -2.32. The highest BCUT2D eigenvalue weighted by molar-refractivity contribution is 9.10. The summed E-state index contributed by atoms with van der Waals surface area (Å²) in [6.07, 6.45) is 1.50. The maximum Gasteiger partial charge on any atom is 0.231 e. The van der Waals surface area contributed by atoms with Gasteiger partial charge in [0, 0.05) is 5.88 Å². The summed E-state index contributed by atoms with van der Waals surface area (Å²) < 4.78 is 0.635. The molecule has 1 aromatic heterocycles. The first-order chi connectivity index (χ1) is 7.36. The van der Waals surface area contributed by atoms with Crippen molar-refractivity contribution in [2.24, 2.45) is 5.41 Å². The van der Waals surface area contributed by atoms with Crippen LogP contribution in [0.4, 0.5) is 5.69 Å². The smallest absolute Gasteiger partial charge is 0.231 e. The van der Waals surface area contributed by atoms with Crippen LogP contribution < -0.4 is 5.32 Å². The van der Waals surface area contributed by atoms with E-state index in [1.54, 1.807) is 19.9 Å². The molecule has 88 valence electrons. The molecule has 0 atom stereocenters. The van der Waals surface area contributed by atoms with Crippen LogP contribution in [0.1, 0.15) is 13.8 Å². The number of alkyl halides is 1. The van der Waals surface area contributed by atoms with E-state index in [0.717, 1.165) is 0 Å². The first-order valence-corrected chi connectivity index (χ1v) is 6.26. The zero-order valence-electron chi connectivity index (χ0n) is 8.85. The second-order valence-electron chi connectivity index (χ2n) is 3.97. The van der Waals surface area contributed by atoms with Gasteiger partial charge in [-0.15, -0.1) is 11.6 Å². The number of rotatable bonds is 3. The molecule has 1 aromatic rings. The second-order valence-corrected chi connectivity index (χ2v) is 5.45. The Kier molecular flexibility index (Phi) is 4.59. The number of hydrogen-bond donors (Lipinski definition) is 1. The molecule has 1 heterocycles. The Hall–Kier alpha value is -0.320. The van der Waals surface area contributed by atoms with Crippen molar-refractivity contribution in [3.8, 4) is 0 Å². The van der Waals surface area contributed by atoms with Gasteiger partial charge in [-0.2, -0.15) is 0 Å². The third kappa shape index (κ3) is 3.34. The highest BCUT2D eigenvalue weighted by Crippen LogP contribution is 2.25. The van der Waals surface area contributed by atoms with E-state index in [-0.39, 0.29) is 11.8 Å². The highest BCUT2D eigenvalue weighted by atomic mass is 79.9. The molecular formula is C10H11BrCl2N2O. The quantitative estimate of drug-likeness (QED) is 0.680. The van der Waals surface area contributed by atoms with Gasteiger partial charge in [-0.3, -0.25) is 4.79 Å². The van der Waals surface area contributed by atoms with Crippen molar-refractivity contribution < 1.29 is 4.79 Å². The number of pyridine rings is 1. The van der Waals surface area contributed by atoms with Gasteiger partial charge in [0.05, 0.1) is 21.8 Å². The predicted molar refractivity (Wildman–Crippen MR) is 70.1 cm³/mol. The number of carbonyl (C=O) groups is 1. The van der Waals surface area contributed by atoms with Gasteiger partial charge >= 0.3 is 0 Å². The number of aromatic nitrogens is 1. The van der Waals surface area contributed by atoms with Gasteiger partial charge in [-0.1, -0.05) is 11.6 Å². The lowest BCUT2D eigenvalue weighted by atomic mass is 9.95. The highest BCUT2D eigenvalue weighted by Gasteiger charge is 2.26. The Morgan fingerprint density at radius 2 is 2.25 bits per heavy atom. The fourth-order valence-corrected chi connectivity index (χ4v) is 1.42. The molecular weight excluding hydrogens is 315 g/mol. The summed E-state index contributed by atoms with van der Waals surface area (Å²) in [5.41, 5.74) is -0.0346. The number of anilines is 1. The molecule has 0 saturated heterocycles. The van der Waals surface area contributed by atoms with Crippen molar-refractivity contribution in [1.29, 1.82) is 0 Å². The summed E-state index contributed by atoms with van der Waals surface area (Å²) in [6.45, 7) is 3.54. The lowest BCUT2D eigenvalue weighted by Gasteiger charge is -2.20. The minimum atomic E-state index is -0.617. The van der Waals surface area contributed by atoms with Crippen molar-refractivity contribution in [2.45, 2.75) is 13.8 Å². The van der Waals surface area contributed by atoms with Crippen LogP contribution in [-0.4, -0.2) is 16.8 Å². The number of nitrogens with one attached hydrogen (secondary N) is 1. The molecule has 1 amide bonds. The van der Waals surface area contributed by atoms with E-state index in [0.29, 0.717) is 15.3 Å². The zero-order valence-corrected chi connectivity index (χ0v) is 11.9. The van der Waals surface area contributed by atoms with Crippen LogP contribution in [0, 0.1) is 5.41 Å². The molecule has 0 fully saturated rings. The topological polar surface area (TPSA) is 42.0 Å². The summed E-state index contributed by atoms with van der Waals surface area (Å²) in [4.78, 5) is 15.7. The van der Waals surface area contributed by atoms with Gasteiger partial charge in [-0.05, 0) is 35.8 Å². The predicted octanol–water partition coefficient (Wildman–Crippen LogP) is 3.70. The molecule has 0 aliphatic carbocycles. The molecule has 3 nitrogen and oxygen atoms in total. The van der Waals surface area contributed by atoms with E-state index in [2.05, 4.69) is 26.2 Å². The molecule has 0 aromatic carbocycles. The van der Waals surface area contributed by atoms with Crippen LogP contribution in [0.5, 0.6) is 0 Å². The van der Waals surface area contributed by atoms with E-state index in [4.69, 9.17) is 23.2 Å². The van der Waals surface area contributed by atoms with Crippen LogP contribution in [0.15, 0.2) is 16.7 Å². The molecule has 6 heteroatoms.